The molecule has 1 aliphatic heterocycles. The lowest BCUT2D eigenvalue weighted by molar-refractivity contribution is -0.139. The maximum absolute atomic E-state index is 11.7. The summed E-state index contributed by atoms with van der Waals surface area (Å²) in [6.07, 6.45) is 0.452. The van der Waals surface area contributed by atoms with Crippen LogP contribution >= 0.6 is 0 Å². The average molecular weight is 314 g/mol. The van der Waals surface area contributed by atoms with Gasteiger partial charge >= 0.3 is 12.0 Å². The molecule has 0 spiro atoms. The quantitative estimate of drug-likeness (QED) is 0.504. The molecule has 22 heavy (non-hydrogen) atoms. The minimum atomic E-state index is -0.953. The fourth-order valence-electron chi connectivity index (χ4n) is 2.11. The van der Waals surface area contributed by atoms with Gasteiger partial charge in [0.05, 0.1) is 13.2 Å². The number of carboxylic acid groups (broad SMARTS) is 1. The van der Waals surface area contributed by atoms with E-state index in [0.29, 0.717) is 45.2 Å². The topological polar surface area (TPSA) is 103 Å². The van der Waals surface area contributed by atoms with Gasteiger partial charge in [-0.25, -0.2) is 9.59 Å². The van der Waals surface area contributed by atoms with Gasteiger partial charge in [-0.05, 0) is 19.3 Å². The Kier molecular flexibility index (Phi) is 7.65. The van der Waals surface area contributed by atoms with Crippen LogP contribution in [0.2, 0.25) is 0 Å². The van der Waals surface area contributed by atoms with Crippen molar-refractivity contribution in [2.75, 3.05) is 32.8 Å². The highest BCUT2D eigenvalue weighted by Crippen LogP contribution is 2.07. The maximum atomic E-state index is 11.7. The lowest BCUT2D eigenvalue weighted by Crippen LogP contribution is -2.53. The Morgan fingerprint density at radius 2 is 1.95 bits per heavy atom. The molecular formula is C14H26N4O4. The van der Waals surface area contributed by atoms with Crippen molar-refractivity contribution in [1.82, 2.24) is 15.5 Å². The molecule has 1 unspecified atom stereocenters. The monoisotopic (exact) mass is 314 g/mol. The van der Waals surface area contributed by atoms with Gasteiger partial charge in [0.1, 0.15) is 6.04 Å². The molecule has 0 bridgehead atoms. The summed E-state index contributed by atoms with van der Waals surface area (Å²) in [7, 11) is 0. The van der Waals surface area contributed by atoms with Crippen LogP contribution in [0, 0.1) is 5.92 Å². The molecule has 8 nitrogen and oxygen atoms in total. The standard InChI is InChI=1S/C14H26N4O4/c1-4-15-14(21)17-13(18-5-7-22-8-6-18)16-11(12(19)20)9-10(2)3/h10-11H,4-9H2,1-3H3,(H,19,20)(H2,15,16,17,21). The first-order valence-corrected chi connectivity index (χ1v) is 7.62. The van der Waals surface area contributed by atoms with E-state index in [1.165, 1.54) is 0 Å². The SMILES string of the molecule is CCNC(=O)/N=C(\NC(CC(C)C)C(=O)O)N1CCOCC1. The van der Waals surface area contributed by atoms with Crippen molar-refractivity contribution < 1.29 is 19.4 Å². The number of hydrogen-bond acceptors (Lipinski definition) is 3. The van der Waals surface area contributed by atoms with E-state index in [1.54, 1.807) is 6.92 Å². The number of carboxylic acids is 1. The Labute approximate surface area is 130 Å². The van der Waals surface area contributed by atoms with Gasteiger partial charge in [-0.1, -0.05) is 13.8 Å². The first-order valence-electron chi connectivity index (χ1n) is 7.62. The van der Waals surface area contributed by atoms with Crippen molar-refractivity contribution in [3.05, 3.63) is 0 Å². The first kappa shape index (κ1) is 18.2. The van der Waals surface area contributed by atoms with E-state index >= 15 is 0 Å². The molecule has 1 fully saturated rings. The van der Waals surface area contributed by atoms with Crippen LogP contribution in [0.25, 0.3) is 0 Å². The Hall–Kier alpha value is -1.83. The molecule has 0 aromatic rings. The molecule has 2 amide bonds. The summed E-state index contributed by atoms with van der Waals surface area (Å²) in [5.41, 5.74) is 0. The normalized spacial score (nSPS) is 17.3. The predicted molar refractivity (Wildman–Crippen MR) is 82.9 cm³/mol. The third-order valence-electron chi connectivity index (χ3n) is 3.15. The number of guanidine groups is 1. The number of nitrogens with one attached hydrogen (secondary N) is 2. The maximum Gasteiger partial charge on any atom is 0.344 e. The van der Waals surface area contributed by atoms with Crippen LogP contribution < -0.4 is 10.6 Å². The molecule has 126 valence electrons. The molecule has 0 aromatic carbocycles. The number of ether oxygens (including phenoxy) is 1. The van der Waals surface area contributed by atoms with E-state index in [4.69, 9.17) is 4.74 Å². The molecule has 0 aliphatic carbocycles. The fraction of sp³-hybridized carbons (Fsp3) is 0.786. The highest BCUT2D eigenvalue weighted by atomic mass is 16.5. The van der Waals surface area contributed by atoms with Crippen LogP contribution in [0.5, 0.6) is 0 Å². The van der Waals surface area contributed by atoms with Crippen molar-refractivity contribution in [2.45, 2.75) is 33.2 Å². The molecule has 1 saturated heterocycles. The Balaban J connectivity index is 2.87. The zero-order valence-electron chi connectivity index (χ0n) is 13.5. The minimum absolute atomic E-state index is 0.212. The zero-order chi connectivity index (χ0) is 16.5. The van der Waals surface area contributed by atoms with E-state index in [9.17, 15) is 14.7 Å². The van der Waals surface area contributed by atoms with Gasteiger partial charge in [-0.2, -0.15) is 4.99 Å². The molecule has 8 heteroatoms. The van der Waals surface area contributed by atoms with E-state index in [-0.39, 0.29) is 5.92 Å². The van der Waals surface area contributed by atoms with E-state index in [1.807, 2.05) is 18.7 Å². The number of urea groups is 1. The summed E-state index contributed by atoms with van der Waals surface area (Å²) >= 11 is 0. The second-order valence-corrected chi connectivity index (χ2v) is 5.54. The molecule has 0 aromatic heterocycles. The molecule has 1 atom stereocenters. The number of carbonyl (C=O) groups excluding carboxylic acids is 1. The summed E-state index contributed by atoms with van der Waals surface area (Å²) in [4.78, 5) is 29.0. The summed E-state index contributed by atoms with van der Waals surface area (Å²) in [5, 5.41) is 14.8. The number of aliphatic imine (C=N–C) groups is 1. The molecule has 1 rings (SSSR count). The molecule has 3 N–H and O–H groups in total. The number of morpholine rings is 1. The Bertz CT molecular complexity index is 406. The third kappa shape index (κ3) is 6.30. The second kappa shape index (κ2) is 9.24. The number of hydrogen-bond donors (Lipinski definition) is 3. The molecule has 0 saturated carbocycles. The van der Waals surface area contributed by atoms with Gasteiger partial charge in [0.25, 0.3) is 0 Å². The molecule has 1 heterocycles. The van der Waals surface area contributed by atoms with Crippen molar-refractivity contribution >= 4 is 18.0 Å². The molecule has 1 aliphatic rings. The summed E-state index contributed by atoms with van der Waals surface area (Å²) < 4.78 is 5.28. The summed E-state index contributed by atoms with van der Waals surface area (Å²) in [5.74, 6) is -0.447. The van der Waals surface area contributed by atoms with Crippen molar-refractivity contribution in [3.63, 3.8) is 0 Å². The number of nitrogens with zero attached hydrogens (tertiary/aromatic N) is 2. The lowest BCUT2D eigenvalue weighted by Gasteiger charge is -2.31. The van der Waals surface area contributed by atoms with Gasteiger partial charge in [-0.3, -0.25) is 0 Å². The van der Waals surface area contributed by atoms with Crippen LogP contribution in [0.4, 0.5) is 4.79 Å². The summed E-state index contributed by atoms with van der Waals surface area (Å²) in [6, 6.07) is -1.26. The fourth-order valence-corrected chi connectivity index (χ4v) is 2.11. The zero-order valence-corrected chi connectivity index (χ0v) is 13.5. The van der Waals surface area contributed by atoms with Crippen molar-refractivity contribution in [3.8, 4) is 0 Å². The third-order valence-corrected chi connectivity index (χ3v) is 3.15. The van der Waals surface area contributed by atoms with Gasteiger partial charge < -0.3 is 25.4 Å². The van der Waals surface area contributed by atoms with Crippen molar-refractivity contribution in [1.29, 1.82) is 0 Å². The molecule has 0 radical (unpaired) electrons. The van der Waals surface area contributed by atoms with Gasteiger partial charge in [0.2, 0.25) is 5.96 Å². The second-order valence-electron chi connectivity index (χ2n) is 5.54. The van der Waals surface area contributed by atoms with Gasteiger partial charge in [-0.15, -0.1) is 0 Å². The van der Waals surface area contributed by atoms with Crippen molar-refractivity contribution in [2.24, 2.45) is 10.9 Å². The number of aliphatic carboxylic acids is 1. The van der Waals surface area contributed by atoms with Crippen LogP contribution in [0.15, 0.2) is 4.99 Å². The Morgan fingerprint density at radius 3 is 2.45 bits per heavy atom. The summed E-state index contributed by atoms with van der Waals surface area (Å²) in [6.45, 7) is 8.36. The number of amides is 2. The van der Waals surface area contributed by atoms with Crippen LogP contribution in [0.1, 0.15) is 27.2 Å². The first-order chi connectivity index (χ1) is 10.4. The lowest BCUT2D eigenvalue weighted by atomic mass is 10.0. The Morgan fingerprint density at radius 1 is 1.32 bits per heavy atom. The highest BCUT2D eigenvalue weighted by molar-refractivity contribution is 5.94. The number of carbonyl (C=O) groups is 2. The minimum Gasteiger partial charge on any atom is -0.480 e. The van der Waals surface area contributed by atoms with Gasteiger partial charge in [0, 0.05) is 19.6 Å². The highest BCUT2D eigenvalue weighted by Gasteiger charge is 2.24. The van der Waals surface area contributed by atoms with Crippen LogP contribution in [0.3, 0.4) is 0 Å². The molecular weight excluding hydrogens is 288 g/mol. The predicted octanol–water partition coefficient (Wildman–Crippen LogP) is 0.493. The average Bonchev–Trinajstić information content (AvgIpc) is 2.46. The van der Waals surface area contributed by atoms with E-state index in [2.05, 4.69) is 15.6 Å². The van der Waals surface area contributed by atoms with E-state index in [0.717, 1.165) is 0 Å². The van der Waals surface area contributed by atoms with Gasteiger partial charge in [0.15, 0.2) is 0 Å². The van der Waals surface area contributed by atoms with Crippen LogP contribution in [-0.4, -0.2) is 66.9 Å². The number of rotatable bonds is 5. The largest absolute Gasteiger partial charge is 0.480 e. The van der Waals surface area contributed by atoms with E-state index < -0.39 is 18.0 Å². The smallest absolute Gasteiger partial charge is 0.344 e. The van der Waals surface area contributed by atoms with Crippen LogP contribution in [-0.2, 0) is 9.53 Å².